The lowest BCUT2D eigenvalue weighted by atomic mass is 9.90. The van der Waals surface area contributed by atoms with Crippen LogP contribution >= 0.6 is 12.4 Å². The number of hydrogen-bond acceptors (Lipinski definition) is 4. The van der Waals surface area contributed by atoms with Gasteiger partial charge in [-0.25, -0.2) is 0 Å². The average molecular weight is 342 g/mol. The van der Waals surface area contributed by atoms with E-state index in [0.717, 1.165) is 12.0 Å². The van der Waals surface area contributed by atoms with E-state index in [1.807, 2.05) is 30.3 Å². The van der Waals surface area contributed by atoms with Gasteiger partial charge in [0.15, 0.2) is 0 Å². The Morgan fingerprint density at radius 1 is 1.13 bits per heavy atom. The van der Waals surface area contributed by atoms with Gasteiger partial charge in [0.05, 0.1) is 12.1 Å². The first-order valence-electron chi connectivity index (χ1n) is 7.56. The van der Waals surface area contributed by atoms with Gasteiger partial charge in [-0.3, -0.25) is 9.59 Å². The molecule has 0 unspecified atom stereocenters. The summed E-state index contributed by atoms with van der Waals surface area (Å²) >= 11 is 0. The first-order valence-corrected chi connectivity index (χ1v) is 7.56. The van der Waals surface area contributed by atoms with Crippen LogP contribution in [0, 0.1) is 0 Å². The van der Waals surface area contributed by atoms with Crippen LogP contribution < -0.4 is 16.4 Å². The number of carbonyl (C=O) groups excluding carboxylic acids is 2. The Labute approximate surface area is 142 Å². The number of carbonyl (C=O) groups is 2. The minimum atomic E-state index is -0.914. The van der Waals surface area contributed by atoms with Gasteiger partial charge in [0.25, 0.3) is 0 Å². The molecule has 0 saturated carbocycles. The zero-order valence-electron chi connectivity index (χ0n) is 13.0. The first kappa shape index (κ1) is 19.4. The summed E-state index contributed by atoms with van der Waals surface area (Å²) in [6, 6.07) is 9.91. The number of halogens is 1. The van der Waals surface area contributed by atoms with Gasteiger partial charge in [0.2, 0.25) is 11.8 Å². The molecule has 0 aromatic heterocycles. The molecule has 0 aliphatic carbocycles. The van der Waals surface area contributed by atoms with E-state index in [1.54, 1.807) is 0 Å². The molecule has 1 aromatic carbocycles. The number of rotatable bonds is 6. The Morgan fingerprint density at radius 3 is 2.43 bits per heavy atom. The van der Waals surface area contributed by atoms with Gasteiger partial charge < -0.3 is 21.1 Å². The first-order chi connectivity index (χ1) is 10.6. The van der Waals surface area contributed by atoms with Crippen LogP contribution in [0.4, 0.5) is 0 Å². The minimum Gasteiger partial charge on any atom is -0.381 e. The molecule has 0 spiro atoms. The molecular weight excluding hydrogens is 318 g/mol. The van der Waals surface area contributed by atoms with Crippen LogP contribution in [0.5, 0.6) is 0 Å². The molecule has 0 bridgehead atoms. The van der Waals surface area contributed by atoms with Gasteiger partial charge in [-0.2, -0.15) is 0 Å². The minimum absolute atomic E-state index is 0. The number of benzene rings is 1. The quantitative estimate of drug-likeness (QED) is 0.698. The second-order valence-electron chi connectivity index (χ2n) is 5.54. The van der Waals surface area contributed by atoms with E-state index in [4.69, 9.17) is 10.5 Å². The largest absolute Gasteiger partial charge is 0.381 e. The molecule has 0 radical (unpaired) electrons. The summed E-state index contributed by atoms with van der Waals surface area (Å²) in [5.74, 6) is -0.492. The second kappa shape index (κ2) is 9.50. The monoisotopic (exact) mass is 341 g/mol. The van der Waals surface area contributed by atoms with E-state index >= 15 is 0 Å². The van der Waals surface area contributed by atoms with E-state index in [9.17, 15) is 9.59 Å². The zero-order valence-corrected chi connectivity index (χ0v) is 13.9. The molecule has 1 aliphatic rings. The smallest absolute Gasteiger partial charge is 0.240 e. The average Bonchev–Trinajstić information content (AvgIpc) is 2.54. The summed E-state index contributed by atoms with van der Waals surface area (Å²) < 4.78 is 5.20. The lowest BCUT2D eigenvalue weighted by Crippen LogP contribution is -2.58. The predicted octanol–water partition coefficient (Wildman–Crippen LogP) is 0.391. The van der Waals surface area contributed by atoms with Crippen LogP contribution in [0.2, 0.25) is 0 Å². The van der Waals surface area contributed by atoms with Crippen molar-refractivity contribution in [3.8, 4) is 0 Å². The van der Waals surface area contributed by atoms with Crippen molar-refractivity contribution in [2.24, 2.45) is 5.73 Å². The van der Waals surface area contributed by atoms with Gasteiger partial charge >= 0.3 is 0 Å². The van der Waals surface area contributed by atoms with Crippen molar-refractivity contribution in [2.45, 2.75) is 24.8 Å². The number of hydrogen-bond donors (Lipinski definition) is 3. The van der Waals surface area contributed by atoms with E-state index in [-0.39, 0.29) is 30.8 Å². The molecule has 1 aromatic rings. The van der Waals surface area contributed by atoms with Crippen molar-refractivity contribution < 1.29 is 14.3 Å². The van der Waals surface area contributed by atoms with Crippen molar-refractivity contribution in [2.75, 3.05) is 26.3 Å². The van der Waals surface area contributed by atoms with Crippen molar-refractivity contribution in [1.29, 1.82) is 0 Å². The zero-order chi connectivity index (χ0) is 15.8. The molecule has 4 N–H and O–H groups in total. The second-order valence-corrected chi connectivity index (χ2v) is 5.54. The third-order valence-corrected chi connectivity index (χ3v) is 3.83. The van der Waals surface area contributed by atoms with E-state index in [0.29, 0.717) is 32.6 Å². The third-order valence-electron chi connectivity index (χ3n) is 3.83. The van der Waals surface area contributed by atoms with Crippen molar-refractivity contribution in [1.82, 2.24) is 10.6 Å². The molecule has 1 fully saturated rings. The highest BCUT2D eigenvalue weighted by Gasteiger charge is 2.35. The maximum Gasteiger partial charge on any atom is 0.240 e. The van der Waals surface area contributed by atoms with Gasteiger partial charge in [-0.15, -0.1) is 12.4 Å². The van der Waals surface area contributed by atoms with Gasteiger partial charge in [-0.1, -0.05) is 30.3 Å². The maximum absolute atomic E-state index is 12.0. The Morgan fingerprint density at radius 2 is 1.78 bits per heavy atom. The molecule has 1 heterocycles. The highest BCUT2D eigenvalue weighted by atomic mass is 35.5. The Bertz CT molecular complexity index is 505. The summed E-state index contributed by atoms with van der Waals surface area (Å²) in [7, 11) is 0. The van der Waals surface area contributed by atoms with Crippen LogP contribution in [0.1, 0.15) is 18.4 Å². The van der Waals surface area contributed by atoms with Crippen LogP contribution in [-0.4, -0.2) is 43.7 Å². The van der Waals surface area contributed by atoms with Crippen molar-refractivity contribution in [3.63, 3.8) is 0 Å². The fourth-order valence-electron chi connectivity index (χ4n) is 2.35. The molecular formula is C16H24ClN3O3. The fourth-order valence-corrected chi connectivity index (χ4v) is 2.35. The summed E-state index contributed by atoms with van der Waals surface area (Å²) in [6.45, 7) is 1.45. The molecule has 2 amide bonds. The third kappa shape index (κ3) is 6.17. The molecule has 2 rings (SSSR count). The Hall–Kier alpha value is -1.63. The van der Waals surface area contributed by atoms with Crippen molar-refractivity contribution in [3.05, 3.63) is 35.9 Å². The molecule has 1 aliphatic heterocycles. The van der Waals surface area contributed by atoms with Crippen LogP contribution in [0.3, 0.4) is 0 Å². The highest BCUT2D eigenvalue weighted by molar-refractivity contribution is 5.90. The van der Waals surface area contributed by atoms with Gasteiger partial charge in [-0.05, 0) is 24.8 Å². The van der Waals surface area contributed by atoms with E-state index < -0.39 is 5.54 Å². The Kier molecular flexibility index (Phi) is 8.02. The standard InChI is InChI=1S/C16H23N3O3.ClH/c17-16(7-10-22-11-8-16)15(21)19-12-14(20)18-9-6-13-4-2-1-3-5-13;/h1-5H,6-12,17H2,(H,18,20)(H,19,21);1H. The lowest BCUT2D eigenvalue weighted by molar-refractivity contribution is -0.132. The summed E-state index contributed by atoms with van der Waals surface area (Å²) in [5, 5.41) is 5.39. The number of nitrogens with two attached hydrogens (primary N) is 1. The summed E-state index contributed by atoms with van der Waals surface area (Å²) in [6.07, 6.45) is 1.72. The van der Waals surface area contributed by atoms with Crippen molar-refractivity contribution >= 4 is 24.2 Å². The molecule has 7 heteroatoms. The normalized spacial score (nSPS) is 16.0. The summed E-state index contributed by atoms with van der Waals surface area (Å²) in [4.78, 5) is 23.8. The number of nitrogens with one attached hydrogen (secondary N) is 2. The topological polar surface area (TPSA) is 93.5 Å². The fraction of sp³-hybridized carbons (Fsp3) is 0.500. The lowest BCUT2D eigenvalue weighted by Gasteiger charge is -2.31. The molecule has 128 valence electrons. The number of ether oxygens (including phenoxy) is 1. The van der Waals surface area contributed by atoms with Gasteiger partial charge in [0, 0.05) is 19.8 Å². The van der Waals surface area contributed by atoms with Gasteiger partial charge in [0.1, 0.15) is 0 Å². The molecule has 1 saturated heterocycles. The molecule has 23 heavy (non-hydrogen) atoms. The van der Waals surface area contributed by atoms with E-state index in [2.05, 4.69) is 10.6 Å². The van der Waals surface area contributed by atoms with Crippen LogP contribution in [0.25, 0.3) is 0 Å². The molecule has 0 atom stereocenters. The summed E-state index contributed by atoms with van der Waals surface area (Å²) in [5.41, 5.74) is 6.29. The Balaban J connectivity index is 0.00000264. The van der Waals surface area contributed by atoms with Crippen LogP contribution in [0.15, 0.2) is 30.3 Å². The maximum atomic E-state index is 12.0. The SMILES string of the molecule is Cl.NC1(C(=O)NCC(=O)NCCc2ccccc2)CCOCC1. The highest BCUT2D eigenvalue weighted by Crippen LogP contribution is 2.17. The molecule has 6 nitrogen and oxygen atoms in total. The van der Waals surface area contributed by atoms with E-state index in [1.165, 1.54) is 0 Å². The van der Waals surface area contributed by atoms with Crippen LogP contribution in [-0.2, 0) is 20.7 Å². The predicted molar refractivity (Wildman–Crippen MR) is 90.4 cm³/mol. The number of amides is 2.